The highest BCUT2D eigenvalue weighted by molar-refractivity contribution is 8.00. The Bertz CT molecular complexity index is 2040. The number of furan rings is 1. The van der Waals surface area contributed by atoms with Crippen LogP contribution in [0.15, 0.2) is 86.8 Å². The number of aliphatic hydroxyl groups is 1. The lowest BCUT2D eigenvalue weighted by atomic mass is 9.95. The molecule has 13 heteroatoms. The zero-order valence-electron chi connectivity index (χ0n) is 27.3. The predicted octanol–water partition coefficient (Wildman–Crippen LogP) is 8.33. The number of ether oxygens (including phenoxy) is 3. The zero-order valence-corrected chi connectivity index (χ0v) is 28.9. The lowest BCUT2D eigenvalue weighted by Gasteiger charge is -2.25. The van der Waals surface area contributed by atoms with E-state index in [1.165, 1.54) is 29.8 Å². The van der Waals surface area contributed by atoms with Gasteiger partial charge in [0.25, 0.3) is 5.91 Å². The molecule has 3 aromatic carbocycles. The molecule has 10 nitrogen and oxygen atoms in total. The number of rotatable bonds is 14. The highest BCUT2D eigenvalue weighted by atomic mass is 32.2. The largest absolute Gasteiger partial charge is 0.503 e. The van der Waals surface area contributed by atoms with Crippen molar-refractivity contribution in [2.75, 3.05) is 25.2 Å². The van der Waals surface area contributed by atoms with Gasteiger partial charge in [0.15, 0.2) is 38.7 Å². The summed E-state index contributed by atoms with van der Waals surface area (Å²) in [5, 5.41) is 20.6. The van der Waals surface area contributed by atoms with Crippen molar-refractivity contribution in [3.63, 3.8) is 0 Å². The molecular formula is C36H34FN3O7S2. The van der Waals surface area contributed by atoms with E-state index in [4.69, 9.17) is 18.6 Å². The number of carbonyl (C=O) groups excluding carboxylic acids is 2. The van der Waals surface area contributed by atoms with Gasteiger partial charge in [0, 0.05) is 11.1 Å². The van der Waals surface area contributed by atoms with Gasteiger partial charge in [-0.15, -0.1) is 10.2 Å². The molecule has 0 bridgehead atoms. The van der Waals surface area contributed by atoms with Crippen molar-refractivity contribution in [3.8, 4) is 17.2 Å². The van der Waals surface area contributed by atoms with Crippen LogP contribution in [0.5, 0.6) is 17.2 Å². The van der Waals surface area contributed by atoms with Gasteiger partial charge < -0.3 is 23.7 Å². The summed E-state index contributed by atoms with van der Waals surface area (Å²) in [4.78, 5) is 29.4. The number of Topliss-reactive ketones (excluding diaryl/α,β-unsaturated/α-hetero) is 1. The number of hydrogen-bond donors (Lipinski definition) is 1. The van der Waals surface area contributed by atoms with Crippen molar-refractivity contribution in [2.45, 2.75) is 43.3 Å². The predicted molar refractivity (Wildman–Crippen MR) is 185 cm³/mol. The maximum atomic E-state index is 14.3. The smallest absolute Gasteiger partial charge is 0.296 e. The second kappa shape index (κ2) is 14.7. The average Bonchev–Trinajstić information content (AvgIpc) is 3.81. The Labute approximate surface area is 290 Å². The molecule has 1 unspecified atom stereocenters. The van der Waals surface area contributed by atoms with Crippen LogP contribution >= 0.6 is 23.1 Å². The second-order valence-corrected chi connectivity index (χ2v) is 13.7. The molecule has 0 spiro atoms. The summed E-state index contributed by atoms with van der Waals surface area (Å²) in [6, 6.07) is 17.2. The maximum absolute atomic E-state index is 14.3. The van der Waals surface area contributed by atoms with Crippen molar-refractivity contribution in [1.29, 1.82) is 0 Å². The summed E-state index contributed by atoms with van der Waals surface area (Å²) < 4.78 is 38.1. The minimum absolute atomic E-state index is 0.0854. The summed E-state index contributed by atoms with van der Waals surface area (Å²) >= 11 is 2.34. The summed E-state index contributed by atoms with van der Waals surface area (Å²) in [5.74, 6) is -0.602. The van der Waals surface area contributed by atoms with Gasteiger partial charge >= 0.3 is 0 Å². The molecule has 3 heterocycles. The highest BCUT2D eigenvalue weighted by Gasteiger charge is 2.47. The minimum Gasteiger partial charge on any atom is -0.503 e. The molecule has 1 aliphatic rings. The van der Waals surface area contributed by atoms with Crippen LogP contribution in [0.3, 0.4) is 0 Å². The molecule has 254 valence electrons. The van der Waals surface area contributed by atoms with Crippen LogP contribution in [-0.4, -0.2) is 47.3 Å². The molecule has 0 radical (unpaired) electrons. The fourth-order valence-corrected chi connectivity index (χ4v) is 7.25. The van der Waals surface area contributed by atoms with Gasteiger partial charge in [-0.2, -0.15) is 0 Å². The lowest BCUT2D eigenvalue weighted by molar-refractivity contribution is -0.117. The number of carbonyl (C=O) groups is 2. The topological polar surface area (TPSA) is 124 Å². The van der Waals surface area contributed by atoms with Crippen LogP contribution in [-0.2, 0) is 10.5 Å². The van der Waals surface area contributed by atoms with Gasteiger partial charge in [0.2, 0.25) is 10.9 Å². The molecule has 49 heavy (non-hydrogen) atoms. The molecule has 0 aliphatic carbocycles. The number of para-hydroxylation sites is 1. The third kappa shape index (κ3) is 6.99. The van der Waals surface area contributed by atoms with E-state index >= 15 is 0 Å². The van der Waals surface area contributed by atoms with Gasteiger partial charge in [0.1, 0.15) is 5.82 Å². The number of benzene rings is 3. The Balaban J connectivity index is 1.40. The molecule has 1 N–H and O–H groups in total. The number of aromatic nitrogens is 2. The summed E-state index contributed by atoms with van der Waals surface area (Å²) in [6.45, 7) is 6.87. The van der Waals surface area contributed by atoms with Crippen LogP contribution in [0.25, 0.3) is 11.0 Å². The molecule has 1 atom stereocenters. The van der Waals surface area contributed by atoms with Crippen molar-refractivity contribution in [3.05, 3.63) is 101 Å². The van der Waals surface area contributed by atoms with Crippen LogP contribution in [0.1, 0.15) is 54.9 Å². The van der Waals surface area contributed by atoms with Gasteiger partial charge in [0.05, 0.1) is 31.9 Å². The standard InChI is InChI=1S/C36H34FN3O7S2/c1-5-45-27-17-21(13-14-25(27)46-16-15-20(2)3)30-29(31(41)28-18-22-10-8-12-26(44-4)33(22)47-28)32(42)34(43)40(30)35-38-39-36(49-35)48-19-23-9-6-7-11-24(23)37/h6-14,17-18,20,30,42H,5,15-16,19H2,1-4H3. The molecule has 5 aromatic rings. The van der Waals surface area contributed by atoms with E-state index in [1.807, 2.05) is 6.92 Å². The number of amides is 1. The van der Waals surface area contributed by atoms with Gasteiger partial charge in [-0.1, -0.05) is 73.3 Å². The van der Waals surface area contributed by atoms with Crippen molar-refractivity contribution in [1.82, 2.24) is 10.2 Å². The van der Waals surface area contributed by atoms with E-state index < -0.39 is 23.5 Å². The fourth-order valence-electron chi connectivity index (χ4n) is 5.39. The normalized spacial score (nSPS) is 14.7. The number of fused-ring (bicyclic) bond motifs is 1. The molecular weight excluding hydrogens is 670 g/mol. The van der Waals surface area contributed by atoms with Crippen LogP contribution < -0.4 is 19.1 Å². The Hall–Kier alpha value is -4.88. The average molecular weight is 704 g/mol. The van der Waals surface area contributed by atoms with Crippen LogP contribution in [0.2, 0.25) is 0 Å². The van der Waals surface area contributed by atoms with Crippen molar-refractivity contribution in [2.24, 2.45) is 5.92 Å². The van der Waals surface area contributed by atoms with E-state index in [2.05, 4.69) is 24.0 Å². The van der Waals surface area contributed by atoms with E-state index in [9.17, 15) is 19.1 Å². The first-order valence-electron chi connectivity index (χ1n) is 15.7. The van der Waals surface area contributed by atoms with Crippen molar-refractivity contribution >= 4 is 50.9 Å². The Morgan fingerprint density at radius 2 is 1.88 bits per heavy atom. The first-order valence-corrected chi connectivity index (χ1v) is 17.5. The van der Waals surface area contributed by atoms with Crippen molar-refractivity contribution < 1.29 is 37.7 Å². The number of ketones is 1. The Morgan fingerprint density at radius 3 is 2.63 bits per heavy atom. The molecule has 6 rings (SSSR count). The minimum atomic E-state index is -1.13. The third-order valence-corrected chi connectivity index (χ3v) is 9.96. The summed E-state index contributed by atoms with van der Waals surface area (Å²) in [5.41, 5.74) is 1.11. The maximum Gasteiger partial charge on any atom is 0.296 e. The Kier molecular flexibility index (Phi) is 10.2. The molecule has 1 amide bonds. The SMILES string of the molecule is CCOc1cc(C2C(C(=O)c3cc4cccc(OC)c4o3)=C(O)C(=O)N2c2nnc(SCc3ccccc3F)s2)ccc1OCCC(C)C. The van der Waals surface area contributed by atoms with E-state index in [0.29, 0.717) is 62.8 Å². The number of methoxy groups -OCH3 is 1. The number of nitrogens with zero attached hydrogens (tertiary/aromatic N) is 3. The quantitative estimate of drug-likeness (QED) is 0.0686. The van der Waals surface area contributed by atoms with E-state index in [0.717, 1.165) is 17.8 Å². The van der Waals surface area contributed by atoms with Crippen LogP contribution in [0.4, 0.5) is 9.52 Å². The number of aliphatic hydroxyl groups excluding tert-OH is 1. The lowest BCUT2D eigenvalue weighted by Crippen LogP contribution is -2.31. The highest BCUT2D eigenvalue weighted by Crippen LogP contribution is 2.46. The van der Waals surface area contributed by atoms with E-state index in [-0.39, 0.29) is 28.0 Å². The molecule has 1 aliphatic heterocycles. The van der Waals surface area contributed by atoms with Gasteiger partial charge in [-0.25, -0.2) is 4.39 Å². The third-order valence-electron chi connectivity index (χ3n) is 7.85. The molecule has 0 saturated heterocycles. The fraction of sp³-hybridized carbons (Fsp3) is 0.278. The number of hydrogen-bond acceptors (Lipinski definition) is 11. The summed E-state index contributed by atoms with van der Waals surface area (Å²) in [6.07, 6.45) is 0.837. The molecule has 2 aromatic heterocycles. The van der Waals surface area contributed by atoms with Gasteiger partial charge in [-0.05, 0) is 60.7 Å². The first kappa shape index (κ1) is 34.0. The molecule has 0 fully saturated rings. The number of thioether (sulfide) groups is 1. The van der Waals surface area contributed by atoms with Crippen LogP contribution in [0, 0.1) is 11.7 Å². The zero-order chi connectivity index (χ0) is 34.7. The second-order valence-electron chi connectivity index (χ2n) is 11.6. The molecule has 0 saturated carbocycles. The summed E-state index contributed by atoms with van der Waals surface area (Å²) in [7, 11) is 1.49. The van der Waals surface area contributed by atoms with E-state index in [1.54, 1.807) is 60.7 Å². The first-order chi connectivity index (χ1) is 23.7. The Morgan fingerprint density at radius 1 is 1.06 bits per heavy atom. The number of anilines is 1. The monoisotopic (exact) mass is 703 g/mol. The van der Waals surface area contributed by atoms with Gasteiger partial charge in [-0.3, -0.25) is 14.5 Å². The number of halogens is 1.